The van der Waals surface area contributed by atoms with E-state index in [-0.39, 0.29) is 6.04 Å². The second-order valence-corrected chi connectivity index (χ2v) is 5.25. The van der Waals surface area contributed by atoms with Crippen LogP contribution in [0.4, 0.5) is 8.78 Å². The third kappa shape index (κ3) is 3.24. The zero-order chi connectivity index (χ0) is 15.6. The summed E-state index contributed by atoms with van der Waals surface area (Å²) in [7, 11) is 1.74. The normalized spacial score (nSPS) is 12.7. The molecule has 6 heteroatoms. The van der Waals surface area contributed by atoms with Crippen LogP contribution in [0.3, 0.4) is 0 Å². The van der Waals surface area contributed by atoms with Gasteiger partial charge in [-0.25, -0.2) is 8.78 Å². The number of rotatable bonds is 5. The number of likely N-dealkylation sites (N-methyl/N-ethyl adjacent to an activating group) is 1. The molecule has 0 aliphatic rings. The molecule has 1 aromatic carbocycles. The first-order valence-corrected chi connectivity index (χ1v) is 7.19. The van der Waals surface area contributed by atoms with E-state index >= 15 is 0 Å². The van der Waals surface area contributed by atoms with E-state index in [1.165, 1.54) is 12.1 Å². The van der Waals surface area contributed by atoms with Crippen LogP contribution in [0.1, 0.15) is 29.9 Å². The Morgan fingerprint density at radius 3 is 2.67 bits per heavy atom. The van der Waals surface area contributed by atoms with E-state index in [1.807, 2.05) is 18.5 Å². The minimum Gasteiger partial charge on any atom is -0.313 e. The topological polar surface area (TPSA) is 29.9 Å². The molecule has 1 heterocycles. The average Bonchev–Trinajstić information content (AvgIpc) is 2.72. The fourth-order valence-electron chi connectivity index (χ4n) is 2.41. The molecule has 0 aliphatic carbocycles. The maximum absolute atomic E-state index is 13.9. The number of aromatic nitrogens is 2. The largest absolute Gasteiger partial charge is 0.313 e. The second-order valence-electron chi connectivity index (χ2n) is 4.87. The molecule has 0 saturated carbocycles. The van der Waals surface area contributed by atoms with Crippen molar-refractivity contribution in [2.24, 2.45) is 0 Å². The number of nitrogens with zero attached hydrogens (tertiary/aromatic N) is 2. The van der Waals surface area contributed by atoms with Gasteiger partial charge in [0.2, 0.25) is 0 Å². The van der Waals surface area contributed by atoms with Gasteiger partial charge in [-0.05, 0) is 27.0 Å². The standard InChI is InChI=1S/C15H18ClF2N3/c1-4-21-14(15(16)9(2)20-21)8-13(19-3)11-6-5-10(17)7-12(11)18/h5-7,13,19H,4,8H2,1-3H3. The molecule has 0 aliphatic heterocycles. The monoisotopic (exact) mass is 313 g/mol. The molecular weight excluding hydrogens is 296 g/mol. The Labute approximate surface area is 127 Å². The Bertz CT molecular complexity index is 640. The van der Waals surface area contributed by atoms with Gasteiger partial charge in [-0.3, -0.25) is 4.68 Å². The van der Waals surface area contributed by atoms with Crippen LogP contribution in [-0.4, -0.2) is 16.8 Å². The fourth-order valence-corrected chi connectivity index (χ4v) is 2.62. The van der Waals surface area contributed by atoms with Crippen LogP contribution < -0.4 is 5.32 Å². The van der Waals surface area contributed by atoms with Gasteiger partial charge < -0.3 is 5.32 Å². The molecule has 2 aromatic rings. The van der Waals surface area contributed by atoms with Gasteiger partial charge in [0.1, 0.15) is 11.6 Å². The summed E-state index contributed by atoms with van der Waals surface area (Å²) in [6.07, 6.45) is 0.479. The Morgan fingerprint density at radius 1 is 1.38 bits per heavy atom. The Balaban J connectivity index is 2.35. The van der Waals surface area contributed by atoms with E-state index in [0.717, 1.165) is 17.5 Å². The summed E-state index contributed by atoms with van der Waals surface area (Å²) < 4.78 is 28.8. The second kappa shape index (κ2) is 6.54. The maximum Gasteiger partial charge on any atom is 0.130 e. The lowest BCUT2D eigenvalue weighted by Crippen LogP contribution is -2.22. The third-order valence-corrected chi connectivity index (χ3v) is 4.03. The predicted octanol–water partition coefficient (Wildman–Crippen LogP) is 3.65. The fraction of sp³-hybridized carbons (Fsp3) is 0.400. The quantitative estimate of drug-likeness (QED) is 0.913. The van der Waals surface area contributed by atoms with Crippen molar-refractivity contribution >= 4 is 11.6 Å². The van der Waals surface area contributed by atoms with E-state index < -0.39 is 11.6 Å². The molecule has 0 amide bonds. The predicted molar refractivity (Wildman–Crippen MR) is 79.5 cm³/mol. The van der Waals surface area contributed by atoms with Crippen LogP contribution in [0.15, 0.2) is 18.2 Å². The summed E-state index contributed by atoms with van der Waals surface area (Å²) in [5.41, 5.74) is 2.01. The molecular formula is C15H18ClF2N3. The molecule has 21 heavy (non-hydrogen) atoms. The molecule has 3 nitrogen and oxygen atoms in total. The molecule has 2 rings (SSSR count). The number of hydrogen-bond acceptors (Lipinski definition) is 2. The van der Waals surface area contributed by atoms with Gasteiger partial charge in [0.15, 0.2) is 0 Å². The van der Waals surface area contributed by atoms with Gasteiger partial charge >= 0.3 is 0 Å². The number of nitrogens with one attached hydrogen (secondary N) is 1. The summed E-state index contributed by atoms with van der Waals surface area (Å²) in [6, 6.07) is 3.31. The zero-order valence-corrected chi connectivity index (χ0v) is 13.0. The maximum atomic E-state index is 13.9. The average molecular weight is 314 g/mol. The first-order chi connectivity index (χ1) is 9.97. The van der Waals surface area contributed by atoms with E-state index in [1.54, 1.807) is 7.05 Å². The lowest BCUT2D eigenvalue weighted by Gasteiger charge is -2.18. The van der Waals surface area contributed by atoms with Gasteiger partial charge in [-0.1, -0.05) is 17.7 Å². The van der Waals surface area contributed by atoms with Crippen LogP contribution >= 0.6 is 11.6 Å². The molecule has 0 spiro atoms. The molecule has 0 fully saturated rings. The Kier molecular flexibility index (Phi) is 4.96. The number of halogens is 3. The van der Waals surface area contributed by atoms with Crippen LogP contribution in [-0.2, 0) is 13.0 Å². The van der Waals surface area contributed by atoms with E-state index in [4.69, 9.17) is 11.6 Å². The summed E-state index contributed by atoms with van der Waals surface area (Å²) >= 11 is 6.28. The smallest absolute Gasteiger partial charge is 0.130 e. The van der Waals surface area contributed by atoms with Gasteiger partial charge in [0, 0.05) is 30.6 Å². The van der Waals surface area contributed by atoms with Crippen molar-refractivity contribution in [3.63, 3.8) is 0 Å². The Hall–Kier alpha value is -1.46. The van der Waals surface area contributed by atoms with Crippen molar-refractivity contribution in [1.82, 2.24) is 15.1 Å². The van der Waals surface area contributed by atoms with Crippen molar-refractivity contribution in [2.75, 3.05) is 7.05 Å². The number of aryl methyl sites for hydroxylation is 2. The molecule has 1 N–H and O–H groups in total. The highest BCUT2D eigenvalue weighted by atomic mass is 35.5. The van der Waals surface area contributed by atoms with Crippen molar-refractivity contribution in [1.29, 1.82) is 0 Å². The lowest BCUT2D eigenvalue weighted by molar-refractivity contribution is 0.503. The molecule has 0 bridgehead atoms. The highest BCUT2D eigenvalue weighted by molar-refractivity contribution is 6.31. The van der Waals surface area contributed by atoms with E-state index in [9.17, 15) is 8.78 Å². The van der Waals surface area contributed by atoms with Crippen LogP contribution in [0.25, 0.3) is 0 Å². The molecule has 114 valence electrons. The van der Waals surface area contributed by atoms with Gasteiger partial charge in [-0.15, -0.1) is 0 Å². The lowest BCUT2D eigenvalue weighted by atomic mass is 10.0. The van der Waals surface area contributed by atoms with Crippen LogP contribution in [0.2, 0.25) is 5.02 Å². The summed E-state index contributed by atoms with van der Waals surface area (Å²) in [4.78, 5) is 0. The Morgan fingerprint density at radius 2 is 2.10 bits per heavy atom. The molecule has 0 saturated heterocycles. The van der Waals surface area contributed by atoms with Crippen molar-refractivity contribution in [3.8, 4) is 0 Å². The van der Waals surface area contributed by atoms with Crippen molar-refractivity contribution in [2.45, 2.75) is 32.9 Å². The first-order valence-electron chi connectivity index (χ1n) is 6.81. The van der Waals surface area contributed by atoms with E-state index in [2.05, 4.69) is 10.4 Å². The van der Waals surface area contributed by atoms with Crippen LogP contribution in [0.5, 0.6) is 0 Å². The highest BCUT2D eigenvalue weighted by Gasteiger charge is 2.20. The summed E-state index contributed by atoms with van der Waals surface area (Å²) in [5.74, 6) is -1.15. The zero-order valence-electron chi connectivity index (χ0n) is 12.3. The summed E-state index contributed by atoms with van der Waals surface area (Å²) in [6.45, 7) is 4.50. The van der Waals surface area contributed by atoms with Gasteiger partial charge in [-0.2, -0.15) is 5.10 Å². The molecule has 1 atom stereocenters. The molecule has 1 aromatic heterocycles. The number of benzene rings is 1. The molecule has 1 unspecified atom stereocenters. The van der Waals surface area contributed by atoms with Crippen molar-refractivity contribution in [3.05, 3.63) is 51.8 Å². The minimum atomic E-state index is -0.585. The van der Waals surface area contributed by atoms with Crippen molar-refractivity contribution < 1.29 is 8.78 Å². The van der Waals surface area contributed by atoms with E-state index in [0.29, 0.717) is 23.6 Å². The minimum absolute atomic E-state index is 0.301. The highest BCUT2D eigenvalue weighted by Crippen LogP contribution is 2.27. The van der Waals surface area contributed by atoms with Crippen LogP contribution in [0, 0.1) is 18.6 Å². The first kappa shape index (κ1) is 15.9. The number of hydrogen-bond donors (Lipinski definition) is 1. The summed E-state index contributed by atoms with van der Waals surface area (Å²) in [5, 5.41) is 8.00. The SMILES string of the molecule is CCn1nc(C)c(Cl)c1CC(NC)c1ccc(F)cc1F. The van der Waals surface area contributed by atoms with Gasteiger partial charge in [0.25, 0.3) is 0 Å². The molecule has 0 radical (unpaired) electrons. The third-order valence-electron chi connectivity index (χ3n) is 3.54. The van der Waals surface area contributed by atoms with Gasteiger partial charge in [0.05, 0.1) is 16.4 Å².